The third-order valence-corrected chi connectivity index (χ3v) is 3.64. The van der Waals surface area contributed by atoms with Gasteiger partial charge in [-0.15, -0.1) is 0 Å². The molecule has 0 bridgehead atoms. The van der Waals surface area contributed by atoms with E-state index >= 15 is 0 Å². The van der Waals surface area contributed by atoms with Crippen LogP contribution < -0.4 is 4.74 Å². The first-order valence-electron chi connectivity index (χ1n) is 6.76. The Kier molecular flexibility index (Phi) is 3.60. The molecule has 1 N–H and O–H groups in total. The maximum absolute atomic E-state index is 13.4. The van der Waals surface area contributed by atoms with Gasteiger partial charge in [0.05, 0.1) is 12.2 Å². The van der Waals surface area contributed by atoms with E-state index in [9.17, 15) is 9.18 Å². The highest BCUT2D eigenvalue weighted by Gasteiger charge is 2.20. The molecule has 0 aliphatic heterocycles. The fourth-order valence-electron chi connectivity index (χ4n) is 2.19. The molecule has 6 heteroatoms. The van der Waals surface area contributed by atoms with E-state index in [1.165, 1.54) is 30.7 Å². The summed E-state index contributed by atoms with van der Waals surface area (Å²) in [6, 6.07) is 5.33. The zero-order valence-electron chi connectivity index (χ0n) is 11.2. The second-order valence-electron chi connectivity index (χ2n) is 5.13. The lowest BCUT2D eigenvalue weighted by atomic mass is 9.86. The van der Waals surface area contributed by atoms with Crippen LogP contribution in [0.5, 0.6) is 5.75 Å². The number of carboxylic acids is 1. The number of ether oxygens (including phenoxy) is 1. The molecular weight excluding hydrogens is 277 g/mol. The fraction of sp³-hybridized carbons (Fsp3) is 0.333. The molecule has 0 spiro atoms. The average molecular weight is 291 g/mol. The van der Waals surface area contributed by atoms with Crippen LogP contribution >= 0.6 is 0 Å². The van der Waals surface area contributed by atoms with Crippen molar-refractivity contribution in [3.8, 4) is 17.1 Å². The number of aromatic nitrogens is 1. The number of hydrogen-bond donors (Lipinski definition) is 1. The van der Waals surface area contributed by atoms with Gasteiger partial charge in [-0.3, -0.25) is 0 Å². The standard InChI is InChI=1S/C15H14FNO4/c16-10-4-5-13(20-8-9-2-1-3-9)11(6-10)14-7-12(15(18)19)17-21-14/h4-7,9H,1-3,8H2,(H,18,19). The summed E-state index contributed by atoms with van der Waals surface area (Å²) in [6.07, 6.45) is 3.50. The van der Waals surface area contributed by atoms with Crippen molar-refractivity contribution in [1.29, 1.82) is 0 Å². The van der Waals surface area contributed by atoms with Gasteiger partial charge in [-0.1, -0.05) is 11.6 Å². The molecule has 1 aliphatic carbocycles. The zero-order chi connectivity index (χ0) is 14.8. The molecule has 0 radical (unpaired) electrons. The van der Waals surface area contributed by atoms with Gasteiger partial charge in [0.15, 0.2) is 11.5 Å². The molecule has 1 saturated carbocycles. The van der Waals surface area contributed by atoms with E-state index in [2.05, 4.69) is 5.16 Å². The Morgan fingerprint density at radius 3 is 2.86 bits per heavy atom. The summed E-state index contributed by atoms with van der Waals surface area (Å²) < 4.78 is 24.1. The van der Waals surface area contributed by atoms with Crippen molar-refractivity contribution in [3.05, 3.63) is 35.8 Å². The van der Waals surface area contributed by atoms with Gasteiger partial charge < -0.3 is 14.4 Å². The van der Waals surface area contributed by atoms with Crippen LogP contribution in [-0.4, -0.2) is 22.8 Å². The Labute approximate surface area is 120 Å². The molecule has 1 aromatic heterocycles. The smallest absolute Gasteiger partial charge is 0.358 e. The minimum Gasteiger partial charge on any atom is -0.493 e. The molecular formula is C15H14FNO4. The Balaban J connectivity index is 1.87. The number of halogens is 1. The van der Waals surface area contributed by atoms with E-state index in [0.717, 1.165) is 12.8 Å². The molecule has 21 heavy (non-hydrogen) atoms. The Morgan fingerprint density at radius 2 is 2.24 bits per heavy atom. The van der Waals surface area contributed by atoms with Crippen molar-refractivity contribution >= 4 is 5.97 Å². The summed E-state index contributed by atoms with van der Waals surface area (Å²) in [7, 11) is 0. The van der Waals surface area contributed by atoms with Crippen molar-refractivity contribution in [2.45, 2.75) is 19.3 Å². The van der Waals surface area contributed by atoms with Crippen LogP contribution in [0.25, 0.3) is 11.3 Å². The molecule has 1 aromatic carbocycles. The highest BCUT2D eigenvalue weighted by molar-refractivity contribution is 5.86. The fourth-order valence-corrected chi connectivity index (χ4v) is 2.19. The second-order valence-corrected chi connectivity index (χ2v) is 5.13. The van der Waals surface area contributed by atoms with E-state index in [4.69, 9.17) is 14.4 Å². The van der Waals surface area contributed by atoms with Gasteiger partial charge in [-0.05, 0) is 37.0 Å². The maximum atomic E-state index is 13.4. The molecule has 0 saturated heterocycles. The number of hydrogen-bond acceptors (Lipinski definition) is 4. The molecule has 1 fully saturated rings. The number of carboxylic acid groups (broad SMARTS) is 1. The van der Waals surface area contributed by atoms with Crippen molar-refractivity contribution in [2.24, 2.45) is 5.92 Å². The van der Waals surface area contributed by atoms with Crippen LogP contribution in [0.2, 0.25) is 0 Å². The molecule has 0 atom stereocenters. The highest BCUT2D eigenvalue weighted by Crippen LogP contribution is 2.33. The van der Waals surface area contributed by atoms with E-state index in [1.54, 1.807) is 0 Å². The van der Waals surface area contributed by atoms with Gasteiger partial charge in [0.1, 0.15) is 11.6 Å². The van der Waals surface area contributed by atoms with E-state index in [-0.39, 0.29) is 11.5 Å². The van der Waals surface area contributed by atoms with Crippen molar-refractivity contribution < 1.29 is 23.6 Å². The van der Waals surface area contributed by atoms with Crippen LogP contribution in [0.15, 0.2) is 28.8 Å². The van der Waals surface area contributed by atoms with Gasteiger partial charge in [-0.2, -0.15) is 0 Å². The van der Waals surface area contributed by atoms with Crippen LogP contribution in [0, 0.1) is 11.7 Å². The maximum Gasteiger partial charge on any atom is 0.358 e. The molecule has 1 aliphatic rings. The Bertz CT molecular complexity index is 663. The first-order valence-corrected chi connectivity index (χ1v) is 6.76. The first kappa shape index (κ1) is 13.6. The predicted octanol–water partition coefficient (Wildman–Crippen LogP) is 3.36. The molecule has 2 aromatic rings. The highest BCUT2D eigenvalue weighted by atomic mass is 19.1. The quantitative estimate of drug-likeness (QED) is 0.914. The van der Waals surface area contributed by atoms with E-state index in [1.807, 2.05) is 0 Å². The minimum absolute atomic E-state index is 0.176. The van der Waals surface area contributed by atoms with E-state index in [0.29, 0.717) is 23.8 Å². The molecule has 0 amide bonds. The summed E-state index contributed by atoms with van der Waals surface area (Å²) in [5.41, 5.74) is 0.147. The lowest BCUT2D eigenvalue weighted by molar-refractivity contribution is 0.0686. The number of carbonyl (C=O) groups is 1. The second kappa shape index (κ2) is 5.55. The summed E-state index contributed by atoms with van der Waals surface area (Å²) >= 11 is 0. The molecule has 5 nitrogen and oxygen atoms in total. The summed E-state index contributed by atoms with van der Waals surface area (Å²) in [5.74, 6) is -0.466. The average Bonchev–Trinajstić information content (AvgIpc) is 2.88. The SMILES string of the molecule is O=C(O)c1cc(-c2cc(F)ccc2OCC2CCC2)on1. The number of rotatable bonds is 5. The normalized spacial score (nSPS) is 14.7. The van der Waals surface area contributed by atoms with Gasteiger partial charge in [0.2, 0.25) is 0 Å². The minimum atomic E-state index is -1.20. The summed E-state index contributed by atoms with van der Waals surface area (Å²) in [6.45, 7) is 0.568. The van der Waals surface area contributed by atoms with Crippen molar-refractivity contribution in [1.82, 2.24) is 5.16 Å². The molecule has 3 rings (SSSR count). The van der Waals surface area contributed by atoms with Crippen LogP contribution in [0.3, 0.4) is 0 Å². The summed E-state index contributed by atoms with van der Waals surface area (Å²) in [4.78, 5) is 10.8. The topological polar surface area (TPSA) is 72.6 Å². The number of benzene rings is 1. The predicted molar refractivity (Wildman–Crippen MR) is 71.7 cm³/mol. The lowest BCUT2D eigenvalue weighted by Crippen LogP contribution is -2.19. The van der Waals surface area contributed by atoms with Crippen LogP contribution in [0.4, 0.5) is 4.39 Å². The first-order chi connectivity index (χ1) is 10.1. The van der Waals surface area contributed by atoms with Crippen LogP contribution in [-0.2, 0) is 0 Å². The third kappa shape index (κ3) is 2.89. The van der Waals surface area contributed by atoms with Crippen LogP contribution in [0.1, 0.15) is 29.8 Å². The lowest BCUT2D eigenvalue weighted by Gasteiger charge is -2.25. The number of nitrogens with zero attached hydrogens (tertiary/aromatic N) is 1. The monoisotopic (exact) mass is 291 g/mol. The van der Waals surface area contributed by atoms with Gasteiger partial charge in [0, 0.05) is 6.07 Å². The van der Waals surface area contributed by atoms with Crippen molar-refractivity contribution in [3.63, 3.8) is 0 Å². The summed E-state index contributed by atoms with van der Waals surface area (Å²) in [5, 5.41) is 12.3. The van der Waals surface area contributed by atoms with Gasteiger partial charge in [-0.25, -0.2) is 9.18 Å². The van der Waals surface area contributed by atoms with Gasteiger partial charge >= 0.3 is 5.97 Å². The number of aromatic carboxylic acids is 1. The molecule has 110 valence electrons. The third-order valence-electron chi connectivity index (χ3n) is 3.64. The molecule has 1 heterocycles. The Morgan fingerprint density at radius 1 is 1.43 bits per heavy atom. The van der Waals surface area contributed by atoms with Gasteiger partial charge in [0.25, 0.3) is 0 Å². The molecule has 0 unspecified atom stereocenters. The van der Waals surface area contributed by atoms with Crippen molar-refractivity contribution in [2.75, 3.05) is 6.61 Å². The van der Waals surface area contributed by atoms with E-state index < -0.39 is 11.8 Å². The Hall–Kier alpha value is -2.37. The zero-order valence-corrected chi connectivity index (χ0v) is 11.2. The largest absolute Gasteiger partial charge is 0.493 e.